The lowest BCUT2D eigenvalue weighted by Gasteiger charge is -2.40. The third-order valence-corrected chi connectivity index (χ3v) is 7.69. The molecule has 1 fully saturated rings. The van der Waals surface area contributed by atoms with Crippen molar-refractivity contribution in [2.24, 2.45) is 0 Å². The highest BCUT2D eigenvalue weighted by Crippen LogP contribution is 2.36. The molecule has 0 saturated carbocycles. The molecule has 41 heavy (non-hydrogen) atoms. The van der Waals surface area contributed by atoms with Gasteiger partial charge in [-0.2, -0.15) is 0 Å². The maximum absolute atomic E-state index is 13.2. The quantitative estimate of drug-likeness (QED) is 0.207. The first-order chi connectivity index (χ1) is 20.0. The number of pyridine rings is 1. The number of hydrogen-bond donors (Lipinski definition) is 0. The summed E-state index contributed by atoms with van der Waals surface area (Å²) in [5, 5.41) is 0. The van der Waals surface area contributed by atoms with Gasteiger partial charge in [0.05, 0.1) is 12.2 Å². The Labute approximate surface area is 243 Å². The molecule has 0 spiro atoms. The fourth-order valence-corrected chi connectivity index (χ4v) is 5.54. The van der Waals surface area contributed by atoms with Crippen LogP contribution in [0.2, 0.25) is 0 Å². The molecule has 0 amide bonds. The van der Waals surface area contributed by atoms with Crippen LogP contribution < -0.4 is 0 Å². The lowest BCUT2D eigenvalue weighted by Crippen LogP contribution is -2.52. The predicted molar refractivity (Wildman–Crippen MR) is 155 cm³/mol. The first kappa shape index (κ1) is 28.5. The van der Waals surface area contributed by atoms with Crippen molar-refractivity contribution in [1.82, 2.24) is 4.98 Å². The molecule has 2 heterocycles. The zero-order valence-corrected chi connectivity index (χ0v) is 23.4. The molecule has 0 bridgehead atoms. The van der Waals surface area contributed by atoms with Gasteiger partial charge >= 0.3 is 11.9 Å². The molecule has 1 aliphatic rings. The second kappa shape index (κ2) is 14.1. The summed E-state index contributed by atoms with van der Waals surface area (Å²) in [6.07, 6.45) is -0.110. The van der Waals surface area contributed by atoms with Crippen molar-refractivity contribution >= 4 is 23.7 Å². The molecule has 5 rings (SSSR count). The molecule has 210 valence electrons. The molecule has 8 heteroatoms. The smallest absolute Gasteiger partial charge is 0.357 e. The van der Waals surface area contributed by atoms with Crippen LogP contribution in [0.5, 0.6) is 0 Å². The molecule has 4 aromatic rings. The number of thioether (sulfide) groups is 1. The van der Waals surface area contributed by atoms with Gasteiger partial charge in [-0.05, 0) is 48.9 Å². The van der Waals surface area contributed by atoms with Crippen LogP contribution in [0.4, 0.5) is 0 Å². The number of aromatic nitrogens is 1. The Balaban J connectivity index is 1.39. The molecule has 1 saturated heterocycles. The number of aryl methyl sites for hydroxylation is 1. The van der Waals surface area contributed by atoms with Gasteiger partial charge in [0.25, 0.3) is 0 Å². The lowest BCUT2D eigenvalue weighted by atomic mass is 10.0. The van der Waals surface area contributed by atoms with Crippen molar-refractivity contribution in [3.63, 3.8) is 0 Å². The first-order valence-electron chi connectivity index (χ1n) is 13.4. The first-order valence-corrected chi connectivity index (χ1v) is 14.3. The van der Waals surface area contributed by atoms with Gasteiger partial charge in [0.15, 0.2) is 0 Å². The number of carbonyl (C=O) groups excluding carboxylic acids is 2. The summed E-state index contributed by atoms with van der Waals surface area (Å²) in [5.74, 6) is -1.02. The summed E-state index contributed by atoms with van der Waals surface area (Å²) < 4.78 is 24.6. The number of nitrogens with zero attached hydrogens (tertiary/aromatic N) is 1. The van der Waals surface area contributed by atoms with Gasteiger partial charge < -0.3 is 18.9 Å². The van der Waals surface area contributed by atoms with Crippen LogP contribution in [-0.4, -0.2) is 47.3 Å². The average molecular weight is 570 g/mol. The third-order valence-electron chi connectivity index (χ3n) is 6.58. The Bertz CT molecular complexity index is 1400. The zero-order chi connectivity index (χ0) is 28.4. The van der Waals surface area contributed by atoms with Gasteiger partial charge in [-0.25, -0.2) is 14.6 Å². The van der Waals surface area contributed by atoms with Gasteiger partial charge in [-0.3, -0.25) is 0 Å². The van der Waals surface area contributed by atoms with Crippen molar-refractivity contribution in [2.45, 2.75) is 48.6 Å². The summed E-state index contributed by atoms with van der Waals surface area (Å²) >= 11 is 1.53. The molecule has 0 aliphatic carbocycles. The Morgan fingerprint density at radius 1 is 0.878 bits per heavy atom. The maximum Gasteiger partial charge on any atom is 0.357 e. The SMILES string of the molecule is Cc1ccc(S[C@H]2C[C@H](OC(=O)c3ccccc3)[C@H](OCc3ccccc3)[C@@H](COC(=O)c3ccccn3)O2)cc1. The minimum atomic E-state index is -0.698. The van der Waals surface area contributed by atoms with Crippen molar-refractivity contribution in [3.8, 4) is 0 Å². The van der Waals surface area contributed by atoms with E-state index in [9.17, 15) is 9.59 Å². The Kier molecular flexibility index (Phi) is 9.80. The highest BCUT2D eigenvalue weighted by molar-refractivity contribution is 7.99. The Morgan fingerprint density at radius 2 is 1.59 bits per heavy atom. The van der Waals surface area contributed by atoms with Gasteiger partial charge in [-0.15, -0.1) is 0 Å². The molecule has 3 aromatic carbocycles. The van der Waals surface area contributed by atoms with Crippen LogP contribution >= 0.6 is 11.8 Å². The van der Waals surface area contributed by atoms with Crippen LogP contribution in [0.3, 0.4) is 0 Å². The molecule has 1 aliphatic heterocycles. The number of hydrogen-bond acceptors (Lipinski definition) is 8. The standard InChI is InChI=1S/C33H31NO6S/c1-23-15-17-26(18-16-23)41-30-20-28(40-32(35)25-12-6-3-7-13-25)31(37-21-24-10-4-2-5-11-24)29(39-30)22-38-33(36)27-14-8-9-19-34-27/h2-19,28-31H,20-22H2,1H3/t28-,29+,30-,31-/m0/s1. The fraction of sp³-hybridized carbons (Fsp3) is 0.242. The summed E-state index contributed by atoms with van der Waals surface area (Å²) in [6, 6.07) is 31.8. The Hall–Kier alpha value is -3.98. The predicted octanol–water partition coefficient (Wildman–Crippen LogP) is 6.27. The summed E-state index contributed by atoms with van der Waals surface area (Å²) in [7, 11) is 0. The van der Waals surface area contributed by atoms with E-state index in [4.69, 9.17) is 18.9 Å². The van der Waals surface area contributed by atoms with Crippen molar-refractivity contribution < 1.29 is 28.5 Å². The number of ether oxygens (including phenoxy) is 4. The number of carbonyl (C=O) groups is 2. The fourth-order valence-electron chi connectivity index (χ4n) is 4.46. The van der Waals surface area contributed by atoms with E-state index < -0.39 is 30.3 Å². The van der Waals surface area contributed by atoms with Crippen LogP contribution in [0.25, 0.3) is 0 Å². The molecule has 0 unspecified atom stereocenters. The second-order valence-electron chi connectivity index (χ2n) is 9.66. The monoisotopic (exact) mass is 569 g/mol. The average Bonchev–Trinajstić information content (AvgIpc) is 3.02. The normalized spacial score (nSPS) is 20.2. The van der Waals surface area contributed by atoms with Gasteiger partial charge in [0.2, 0.25) is 0 Å². The van der Waals surface area contributed by atoms with E-state index in [1.807, 2.05) is 67.6 Å². The van der Waals surface area contributed by atoms with E-state index in [0.717, 1.165) is 16.0 Å². The van der Waals surface area contributed by atoms with E-state index in [-0.39, 0.29) is 24.3 Å². The number of rotatable bonds is 10. The minimum absolute atomic E-state index is 0.0980. The largest absolute Gasteiger partial charge is 0.458 e. The highest BCUT2D eigenvalue weighted by Gasteiger charge is 2.43. The number of benzene rings is 3. The van der Waals surface area contributed by atoms with Crippen LogP contribution in [0.1, 0.15) is 38.4 Å². The van der Waals surface area contributed by atoms with Crippen molar-refractivity contribution in [2.75, 3.05) is 6.61 Å². The molecule has 4 atom stereocenters. The van der Waals surface area contributed by atoms with Crippen molar-refractivity contribution in [1.29, 1.82) is 0 Å². The number of esters is 2. The lowest BCUT2D eigenvalue weighted by molar-refractivity contribution is -0.184. The van der Waals surface area contributed by atoms with Gasteiger partial charge in [-0.1, -0.05) is 84.1 Å². The topological polar surface area (TPSA) is 84.0 Å². The van der Waals surface area contributed by atoms with E-state index in [0.29, 0.717) is 12.0 Å². The molecular formula is C33H31NO6S. The minimum Gasteiger partial charge on any atom is -0.458 e. The Morgan fingerprint density at radius 3 is 2.29 bits per heavy atom. The second-order valence-corrected chi connectivity index (χ2v) is 10.9. The van der Waals surface area contributed by atoms with E-state index in [1.54, 1.807) is 42.5 Å². The van der Waals surface area contributed by atoms with Crippen LogP contribution in [-0.2, 0) is 25.6 Å². The van der Waals surface area contributed by atoms with E-state index in [2.05, 4.69) is 4.98 Å². The molecule has 0 radical (unpaired) electrons. The van der Waals surface area contributed by atoms with Crippen molar-refractivity contribution in [3.05, 3.63) is 132 Å². The van der Waals surface area contributed by atoms with Crippen LogP contribution in [0, 0.1) is 6.92 Å². The van der Waals surface area contributed by atoms with Gasteiger partial charge in [0, 0.05) is 17.5 Å². The van der Waals surface area contributed by atoms with Crippen LogP contribution in [0.15, 0.2) is 114 Å². The zero-order valence-electron chi connectivity index (χ0n) is 22.6. The summed E-state index contributed by atoms with van der Waals surface area (Å²) in [6.45, 7) is 2.21. The molecular weight excluding hydrogens is 538 g/mol. The highest BCUT2D eigenvalue weighted by atomic mass is 32.2. The van der Waals surface area contributed by atoms with E-state index >= 15 is 0 Å². The molecule has 0 N–H and O–H groups in total. The van der Waals surface area contributed by atoms with Gasteiger partial charge in [0.1, 0.15) is 36.0 Å². The molecule has 7 nitrogen and oxygen atoms in total. The molecule has 1 aromatic heterocycles. The summed E-state index contributed by atoms with van der Waals surface area (Å²) in [5.41, 5.74) is 2.38. The maximum atomic E-state index is 13.2. The third kappa shape index (κ3) is 8.04. The summed E-state index contributed by atoms with van der Waals surface area (Å²) in [4.78, 5) is 31.0. The van der Waals surface area contributed by atoms with E-state index in [1.165, 1.54) is 18.0 Å².